The van der Waals surface area contributed by atoms with Gasteiger partial charge in [-0.05, 0) is 68.2 Å². The monoisotopic (exact) mass is 487 g/mol. The standard InChI is InChI=1S/C29H37N5O2/c1-3-19-9-10-22(15-18(19)2)29(36)31-23-13-11-20(12-14-23)27-32-24-16-26(30-17-25(24)33-27)34-28(35)21-7-5-4-6-8-21/h11-14,16-19,21-22H,3-10,15H2,1-2H3,(H,31,36)(H,32,33)(H,30,34,35). The number of pyridine rings is 1. The molecular weight excluding hydrogens is 450 g/mol. The maximum atomic E-state index is 12.8. The van der Waals surface area contributed by atoms with E-state index in [1.807, 2.05) is 30.3 Å². The van der Waals surface area contributed by atoms with E-state index in [0.717, 1.165) is 79.0 Å². The van der Waals surface area contributed by atoms with Crippen LogP contribution in [0, 0.1) is 23.7 Å². The quantitative estimate of drug-likeness (QED) is 0.367. The summed E-state index contributed by atoms with van der Waals surface area (Å²) < 4.78 is 0. The molecule has 2 fully saturated rings. The highest BCUT2D eigenvalue weighted by atomic mass is 16.2. The van der Waals surface area contributed by atoms with Crippen LogP contribution in [-0.4, -0.2) is 26.8 Å². The molecule has 36 heavy (non-hydrogen) atoms. The van der Waals surface area contributed by atoms with Crippen LogP contribution < -0.4 is 10.6 Å². The van der Waals surface area contributed by atoms with Crippen molar-refractivity contribution in [1.82, 2.24) is 15.0 Å². The lowest BCUT2D eigenvalue weighted by Crippen LogP contribution is -2.31. The van der Waals surface area contributed by atoms with E-state index >= 15 is 0 Å². The third kappa shape index (κ3) is 5.45. The first-order valence-corrected chi connectivity index (χ1v) is 13.6. The predicted molar refractivity (Wildman–Crippen MR) is 143 cm³/mol. The van der Waals surface area contributed by atoms with E-state index in [1.54, 1.807) is 6.20 Å². The molecule has 0 aliphatic heterocycles. The number of hydrogen-bond donors (Lipinski definition) is 3. The molecule has 3 aromatic rings. The molecular formula is C29H37N5O2. The Kier molecular flexibility index (Phi) is 7.35. The number of hydrogen-bond acceptors (Lipinski definition) is 4. The zero-order chi connectivity index (χ0) is 25.1. The molecule has 2 amide bonds. The van der Waals surface area contributed by atoms with Crippen molar-refractivity contribution in [2.24, 2.45) is 23.7 Å². The highest BCUT2D eigenvalue weighted by molar-refractivity contribution is 5.94. The maximum Gasteiger partial charge on any atom is 0.228 e. The topological polar surface area (TPSA) is 99.8 Å². The Bertz CT molecular complexity index is 1210. The second kappa shape index (κ2) is 10.8. The molecule has 0 spiro atoms. The lowest BCUT2D eigenvalue weighted by atomic mass is 9.73. The first-order chi connectivity index (χ1) is 17.5. The zero-order valence-corrected chi connectivity index (χ0v) is 21.3. The number of imidazole rings is 1. The van der Waals surface area contributed by atoms with Gasteiger partial charge in [-0.1, -0.05) is 39.5 Å². The molecule has 7 heteroatoms. The molecule has 5 rings (SSSR count). The third-order valence-electron chi connectivity index (χ3n) is 8.26. The number of nitrogens with zero attached hydrogens (tertiary/aromatic N) is 2. The second-order valence-electron chi connectivity index (χ2n) is 10.7. The van der Waals surface area contributed by atoms with Crippen LogP contribution in [0.25, 0.3) is 22.4 Å². The van der Waals surface area contributed by atoms with E-state index in [1.165, 1.54) is 12.8 Å². The molecule has 2 aromatic heterocycles. The molecule has 0 radical (unpaired) electrons. The van der Waals surface area contributed by atoms with Gasteiger partial charge in [0.25, 0.3) is 0 Å². The van der Waals surface area contributed by atoms with Gasteiger partial charge in [-0.25, -0.2) is 9.97 Å². The Morgan fingerprint density at radius 1 is 0.972 bits per heavy atom. The van der Waals surface area contributed by atoms with Crippen molar-refractivity contribution in [3.63, 3.8) is 0 Å². The number of aromatic amines is 1. The average molecular weight is 488 g/mol. The lowest BCUT2D eigenvalue weighted by Gasteiger charge is -2.32. The molecule has 2 aliphatic carbocycles. The van der Waals surface area contributed by atoms with Crippen LogP contribution in [0.2, 0.25) is 0 Å². The number of rotatable bonds is 6. The number of H-pyrrole nitrogens is 1. The number of aromatic nitrogens is 3. The fourth-order valence-electron chi connectivity index (χ4n) is 5.97. The molecule has 190 valence electrons. The van der Waals surface area contributed by atoms with Crippen molar-refractivity contribution < 1.29 is 9.59 Å². The van der Waals surface area contributed by atoms with E-state index in [2.05, 4.69) is 34.4 Å². The predicted octanol–water partition coefficient (Wildman–Crippen LogP) is 6.54. The van der Waals surface area contributed by atoms with Crippen LogP contribution in [0.5, 0.6) is 0 Å². The van der Waals surface area contributed by atoms with E-state index < -0.39 is 0 Å². The summed E-state index contributed by atoms with van der Waals surface area (Å²) in [5.41, 5.74) is 3.30. The molecule has 3 N–H and O–H groups in total. The SMILES string of the molecule is CCC1CCC(C(=O)Nc2ccc(-c3nc4cc(NC(=O)C5CCCCC5)ncc4[nH]3)cc2)CC1C. The smallest absolute Gasteiger partial charge is 0.228 e. The van der Waals surface area contributed by atoms with E-state index in [0.29, 0.717) is 11.7 Å². The largest absolute Gasteiger partial charge is 0.337 e. The number of nitrogens with one attached hydrogen (secondary N) is 3. The molecule has 3 atom stereocenters. The second-order valence-corrected chi connectivity index (χ2v) is 10.7. The summed E-state index contributed by atoms with van der Waals surface area (Å²) in [5.74, 6) is 2.98. The summed E-state index contributed by atoms with van der Waals surface area (Å²) in [6.45, 7) is 4.52. The van der Waals surface area contributed by atoms with E-state index in [4.69, 9.17) is 4.98 Å². The van der Waals surface area contributed by atoms with Crippen molar-refractivity contribution >= 4 is 34.4 Å². The normalized spacial score (nSPS) is 22.9. The van der Waals surface area contributed by atoms with Crippen LogP contribution in [-0.2, 0) is 9.59 Å². The summed E-state index contributed by atoms with van der Waals surface area (Å²) in [7, 11) is 0. The van der Waals surface area contributed by atoms with Crippen molar-refractivity contribution in [2.45, 2.75) is 71.6 Å². The van der Waals surface area contributed by atoms with Gasteiger partial charge in [-0.2, -0.15) is 0 Å². The Morgan fingerprint density at radius 2 is 1.72 bits per heavy atom. The van der Waals surface area contributed by atoms with Crippen LogP contribution in [0.1, 0.15) is 71.6 Å². The van der Waals surface area contributed by atoms with Crippen molar-refractivity contribution in [1.29, 1.82) is 0 Å². The minimum atomic E-state index is 0.0582. The van der Waals surface area contributed by atoms with Gasteiger partial charge in [0.05, 0.1) is 17.2 Å². The molecule has 2 heterocycles. The molecule has 3 unspecified atom stereocenters. The van der Waals surface area contributed by atoms with Gasteiger partial charge < -0.3 is 15.6 Å². The molecule has 1 aromatic carbocycles. The summed E-state index contributed by atoms with van der Waals surface area (Å²) >= 11 is 0. The van der Waals surface area contributed by atoms with E-state index in [9.17, 15) is 9.59 Å². The number of amides is 2. The van der Waals surface area contributed by atoms with Gasteiger partial charge in [0, 0.05) is 29.2 Å². The maximum absolute atomic E-state index is 12.8. The van der Waals surface area contributed by atoms with Gasteiger partial charge in [0.1, 0.15) is 11.6 Å². The van der Waals surface area contributed by atoms with Crippen LogP contribution in [0.4, 0.5) is 11.5 Å². The Labute approximate surface area is 212 Å². The van der Waals surface area contributed by atoms with Gasteiger partial charge >= 0.3 is 0 Å². The Morgan fingerprint density at radius 3 is 2.44 bits per heavy atom. The fourth-order valence-corrected chi connectivity index (χ4v) is 5.97. The first-order valence-electron chi connectivity index (χ1n) is 13.6. The Hall–Kier alpha value is -3.22. The lowest BCUT2D eigenvalue weighted by molar-refractivity contribution is -0.122. The molecule has 0 bridgehead atoms. The summed E-state index contributed by atoms with van der Waals surface area (Å²) in [6.07, 6.45) is 11.4. The average Bonchev–Trinajstić information content (AvgIpc) is 3.33. The number of anilines is 2. The van der Waals surface area contributed by atoms with Gasteiger partial charge in [0.2, 0.25) is 11.8 Å². The first kappa shape index (κ1) is 24.5. The third-order valence-corrected chi connectivity index (χ3v) is 8.26. The zero-order valence-electron chi connectivity index (χ0n) is 21.3. The minimum absolute atomic E-state index is 0.0582. The van der Waals surface area contributed by atoms with E-state index in [-0.39, 0.29) is 23.7 Å². The number of carbonyl (C=O) groups is 2. The van der Waals surface area contributed by atoms with Crippen LogP contribution in [0.15, 0.2) is 36.5 Å². The van der Waals surface area contributed by atoms with Gasteiger partial charge in [-0.3, -0.25) is 9.59 Å². The van der Waals surface area contributed by atoms with Crippen molar-refractivity contribution in [3.8, 4) is 11.4 Å². The van der Waals surface area contributed by atoms with Crippen LogP contribution in [0.3, 0.4) is 0 Å². The highest BCUT2D eigenvalue weighted by Gasteiger charge is 2.30. The molecule has 2 aliphatic rings. The summed E-state index contributed by atoms with van der Waals surface area (Å²) in [4.78, 5) is 37.8. The summed E-state index contributed by atoms with van der Waals surface area (Å²) in [5, 5.41) is 6.07. The van der Waals surface area contributed by atoms with Crippen LogP contribution >= 0.6 is 0 Å². The number of carbonyl (C=O) groups excluding carboxylic acids is 2. The number of benzene rings is 1. The number of fused-ring (bicyclic) bond motifs is 1. The van der Waals surface area contributed by atoms with Crippen molar-refractivity contribution in [2.75, 3.05) is 10.6 Å². The van der Waals surface area contributed by atoms with Gasteiger partial charge in [-0.15, -0.1) is 0 Å². The summed E-state index contributed by atoms with van der Waals surface area (Å²) in [6, 6.07) is 9.59. The highest BCUT2D eigenvalue weighted by Crippen LogP contribution is 2.36. The Balaban J connectivity index is 1.22. The molecule has 0 saturated heterocycles. The fraction of sp³-hybridized carbons (Fsp3) is 0.517. The minimum Gasteiger partial charge on any atom is -0.337 e. The van der Waals surface area contributed by atoms with Gasteiger partial charge in [0.15, 0.2) is 0 Å². The molecule has 2 saturated carbocycles. The van der Waals surface area contributed by atoms with Crippen molar-refractivity contribution in [3.05, 3.63) is 36.5 Å². The molecule has 7 nitrogen and oxygen atoms in total.